The highest BCUT2D eigenvalue weighted by Crippen LogP contribution is 2.30. The summed E-state index contributed by atoms with van der Waals surface area (Å²) in [6.07, 6.45) is -3.34. The number of nitro benzene ring substituents is 1. The number of anilines is 2. The first-order valence-electron chi connectivity index (χ1n) is 9.90. The van der Waals surface area contributed by atoms with Crippen molar-refractivity contribution in [1.82, 2.24) is 0 Å². The lowest BCUT2D eigenvalue weighted by Crippen LogP contribution is -2.18. The first-order valence-corrected chi connectivity index (χ1v) is 9.90. The number of benzene rings is 3. The molecule has 0 unspecified atom stereocenters. The minimum Gasteiger partial charge on any atom is -0.386 e. The average molecular weight is 486 g/mol. The van der Waals surface area contributed by atoms with Crippen LogP contribution in [0.3, 0.4) is 0 Å². The number of carbonyl (C=O) groups excluding carboxylic acids is 2. The molecule has 0 fully saturated rings. The number of hydrogen-bond acceptors (Lipinski definition) is 6. The van der Waals surface area contributed by atoms with Gasteiger partial charge in [-0.1, -0.05) is 29.4 Å². The number of carbonyl (C=O) groups is 2. The predicted octanol–water partition coefficient (Wildman–Crippen LogP) is 4.86. The minimum absolute atomic E-state index is 0.0331. The summed E-state index contributed by atoms with van der Waals surface area (Å²) in [7, 11) is 0. The Morgan fingerprint density at radius 1 is 0.971 bits per heavy atom. The SMILES string of the molecule is O=C(CO/N=C/c1cccc([N+](=O)[O-])c1)Nc1cccc(C(=O)Nc2cccc(C(F)(F)F)c2)c1. The molecule has 0 heterocycles. The van der Waals surface area contributed by atoms with E-state index in [4.69, 9.17) is 4.84 Å². The second-order valence-corrected chi connectivity index (χ2v) is 7.02. The topological polar surface area (TPSA) is 123 Å². The molecular formula is C23H17F3N4O5. The molecule has 3 aromatic rings. The normalized spacial score (nSPS) is 11.2. The number of hydrogen-bond donors (Lipinski definition) is 2. The number of amides is 2. The van der Waals surface area contributed by atoms with Crippen molar-refractivity contribution < 1.29 is 32.5 Å². The van der Waals surface area contributed by atoms with Crippen LogP contribution in [-0.4, -0.2) is 29.6 Å². The number of halogens is 3. The first kappa shape index (κ1) is 24.9. The molecule has 0 bridgehead atoms. The number of oxime groups is 1. The van der Waals surface area contributed by atoms with Gasteiger partial charge in [-0.15, -0.1) is 0 Å². The number of nitro groups is 1. The number of nitrogens with one attached hydrogen (secondary N) is 2. The van der Waals surface area contributed by atoms with Crippen LogP contribution in [0.25, 0.3) is 0 Å². The Morgan fingerprint density at radius 3 is 2.37 bits per heavy atom. The van der Waals surface area contributed by atoms with Gasteiger partial charge in [-0.3, -0.25) is 19.7 Å². The van der Waals surface area contributed by atoms with Crippen molar-refractivity contribution in [3.63, 3.8) is 0 Å². The van der Waals surface area contributed by atoms with E-state index in [1.807, 2.05) is 0 Å². The van der Waals surface area contributed by atoms with Gasteiger partial charge in [-0.25, -0.2) is 0 Å². The van der Waals surface area contributed by atoms with Gasteiger partial charge >= 0.3 is 6.18 Å². The molecule has 3 rings (SSSR count). The summed E-state index contributed by atoms with van der Waals surface area (Å²) < 4.78 is 38.5. The Bertz CT molecular complexity index is 1280. The van der Waals surface area contributed by atoms with Crippen molar-refractivity contribution in [2.24, 2.45) is 5.16 Å². The van der Waals surface area contributed by atoms with Crippen LogP contribution in [0.2, 0.25) is 0 Å². The van der Waals surface area contributed by atoms with Gasteiger partial charge < -0.3 is 15.5 Å². The van der Waals surface area contributed by atoms with Crippen LogP contribution in [0.5, 0.6) is 0 Å². The molecule has 180 valence electrons. The van der Waals surface area contributed by atoms with E-state index in [0.717, 1.165) is 12.1 Å². The summed E-state index contributed by atoms with van der Waals surface area (Å²) >= 11 is 0. The molecule has 35 heavy (non-hydrogen) atoms. The molecule has 0 spiro atoms. The largest absolute Gasteiger partial charge is 0.416 e. The Morgan fingerprint density at radius 2 is 1.66 bits per heavy atom. The van der Waals surface area contributed by atoms with Crippen LogP contribution in [0.4, 0.5) is 30.2 Å². The summed E-state index contributed by atoms with van der Waals surface area (Å²) in [4.78, 5) is 39.6. The monoisotopic (exact) mass is 486 g/mol. The van der Waals surface area contributed by atoms with Crippen LogP contribution in [0.15, 0.2) is 78.0 Å². The first-order chi connectivity index (χ1) is 16.6. The van der Waals surface area contributed by atoms with Crippen molar-refractivity contribution in [3.05, 3.63) is 99.6 Å². The Kier molecular flexibility index (Phi) is 7.77. The fraction of sp³-hybridized carbons (Fsp3) is 0.0870. The molecule has 2 amide bonds. The van der Waals surface area contributed by atoms with E-state index in [1.54, 1.807) is 6.07 Å². The summed E-state index contributed by atoms with van der Waals surface area (Å²) in [5, 5.41) is 19.2. The third kappa shape index (κ3) is 7.39. The van der Waals surface area contributed by atoms with E-state index < -0.39 is 35.1 Å². The minimum atomic E-state index is -4.55. The van der Waals surface area contributed by atoms with E-state index in [2.05, 4.69) is 15.8 Å². The van der Waals surface area contributed by atoms with E-state index >= 15 is 0 Å². The van der Waals surface area contributed by atoms with Crippen LogP contribution in [0, 0.1) is 10.1 Å². The smallest absolute Gasteiger partial charge is 0.386 e. The number of alkyl halides is 3. The zero-order valence-corrected chi connectivity index (χ0v) is 17.8. The molecule has 3 aromatic carbocycles. The molecule has 0 atom stereocenters. The van der Waals surface area contributed by atoms with Gasteiger partial charge in [0, 0.05) is 34.6 Å². The molecule has 12 heteroatoms. The summed E-state index contributed by atoms with van der Waals surface area (Å²) in [5.41, 5.74) is -0.302. The third-order valence-corrected chi connectivity index (χ3v) is 4.41. The van der Waals surface area contributed by atoms with E-state index in [-0.39, 0.29) is 22.6 Å². The van der Waals surface area contributed by atoms with Crippen molar-refractivity contribution in [2.75, 3.05) is 17.2 Å². The maximum Gasteiger partial charge on any atom is 0.416 e. The lowest BCUT2D eigenvalue weighted by atomic mass is 10.1. The zero-order chi connectivity index (χ0) is 25.4. The molecule has 0 aliphatic carbocycles. The molecule has 2 N–H and O–H groups in total. The quantitative estimate of drug-likeness (QED) is 0.268. The van der Waals surface area contributed by atoms with Crippen LogP contribution >= 0.6 is 0 Å². The standard InChI is InChI=1S/C23H17F3N4O5/c24-23(25,26)17-6-3-8-19(12-17)29-22(32)16-5-2-7-18(11-16)28-21(31)14-35-27-13-15-4-1-9-20(10-15)30(33)34/h1-13H,14H2,(H,28,31)(H,29,32)/b27-13+. The fourth-order valence-corrected chi connectivity index (χ4v) is 2.82. The summed E-state index contributed by atoms with van der Waals surface area (Å²) in [5.74, 6) is -1.27. The van der Waals surface area contributed by atoms with Gasteiger partial charge in [0.05, 0.1) is 16.7 Å². The number of non-ortho nitro benzene ring substituents is 1. The molecule has 0 saturated heterocycles. The molecule has 0 saturated carbocycles. The molecule has 0 aromatic heterocycles. The van der Waals surface area contributed by atoms with Gasteiger partial charge in [-0.2, -0.15) is 13.2 Å². The van der Waals surface area contributed by atoms with E-state index in [1.165, 1.54) is 60.8 Å². The Hall–Kier alpha value is -4.74. The van der Waals surface area contributed by atoms with Gasteiger partial charge in [0.15, 0.2) is 6.61 Å². The molecule has 0 aliphatic rings. The summed E-state index contributed by atoms with van der Waals surface area (Å²) in [6, 6.07) is 15.6. The van der Waals surface area contributed by atoms with Crippen molar-refractivity contribution in [2.45, 2.75) is 6.18 Å². The van der Waals surface area contributed by atoms with Crippen molar-refractivity contribution >= 4 is 35.1 Å². The van der Waals surface area contributed by atoms with E-state index in [9.17, 15) is 32.9 Å². The van der Waals surface area contributed by atoms with E-state index in [0.29, 0.717) is 5.56 Å². The van der Waals surface area contributed by atoms with Gasteiger partial charge in [0.2, 0.25) is 0 Å². The maximum atomic E-state index is 12.8. The van der Waals surface area contributed by atoms with Gasteiger partial charge in [0.1, 0.15) is 0 Å². The highest BCUT2D eigenvalue weighted by Gasteiger charge is 2.30. The van der Waals surface area contributed by atoms with Gasteiger partial charge in [-0.05, 0) is 36.4 Å². The Labute approximate surface area is 196 Å². The third-order valence-electron chi connectivity index (χ3n) is 4.41. The average Bonchev–Trinajstić information content (AvgIpc) is 2.82. The van der Waals surface area contributed by atoms with Crippen molar-refractivity contribution in [1.29, 1.82) is 0 Å². The van der Waals surface area contributed by atoms with Crippen molar-refractivity contribution in [3.8, 4) is 0 Å². The molecule has 0 radical (unpaired) electrons. The molecular weight excluding hydrogens is 469 g/mol. The maximum absolute atomic E-state index is 12.8. The highest BCUT2D eigenvalue weighted by atomic mass is 19.4. The fourth-order valence-electron chi connectivity index (χ4n) is 2.82. The predicted molar refractivity (Wildman–Crippen MR) is 121 cm³/mol. The molecule has 9 nitrogen and oxygen atoms in total. The lowest BCUT2D eigenvalue weighted by Gasteiger charge is -2.11. The number of nitrogens with zero attached hydrogens (tertiary/aromatic N) is 2. The number of rotatable bonds is 8. The van der Waals surface area contributed by atoms with Crippen LogP contribution in [-0.2, 0) is 15.8 Å². The second kappa shape index (κ2) is 10.9. The summed E-state index contributed by atoms with van der Waals surface area (Å²) in [6.45, 7) is -0.480. The molecule has 0 aliphatic heterocycles. The zero-order valence-electron chi connectivity index (χ0n) is 17.8. The van der Waals surface area contributed by atoms with Gasteiger partial charge in [0.25, 0.3) is 17.5 Å². The highest BCUT2D eigenvalue weighted by molar-refractivity contribution is 6.05. The second-order valence-electron chi connectivity index (χ2n) is 7.02. The van der Waals surface area contributed by atoms with Crippen LogP contribution < -0.4 is 10.6 Å². The Balaban J connectivity index is 1.55. The lowest BCUT2D eigenvalue weighted by molar-refractivity contribution is -0.384. The van der Waals surface area contributed by atoms with Crippen LogP contribution in [0.1, 0.15) is 21.5 Å².